The Bertz CT molecular complexity index is 884. The second-order valence-electron chi connectivity index (χ2n) is 12.3. The summed E-state index contributed by atoms with van der Waals surface area (Å²) in [7, 11) is 1.82. The van der Waals surface area contributed by atoms with Crippen LogP contribution in [0.5, 0.6) is 0 Å². The maximum absolute atomic E-state index is 13.4. The molecule has 0 radical (unpaired) electrons. The molecule has 0 aromatic carbocycles. The van der Waals surface area contributed by atoms with Crippen molar-refractivity contribution in [2.75, 3.05) is 13.7 Å². The fourth-order valence-corrected chi connectivity index (χ4v) is 9.40. The number of carbonyl (C=O) groups is 1. The van der Waals surface area contributed by atoms with E-state index in [0.29, 0.717) is 46.4 Å². The molecule has 4 aliphatic carbocycles. The number of carbonyl (C=O) groups excluding carboxylic acids is 1. The largest absolute Gasteiger partial charge is 0.390 e. The summed E-state index contributed by atoms with van der Waals surface area (Å²) in [5.41, 5.74) is -0.113. The number of Topliss-reactive ketones (excluding diaryl/α,β-unsaturated/α-hetero) is 1. The van der Waals surface area contributed by atoms with Crippen LogP contribution in [0.1, 0.15) is 78.1 Å². The van der Waals surface area contributed by atoms with Gasteiger partial charge in [0.25, 0.3) is 0 Å². The number of ketones is 1. The summed E-state index contributed by atoms with van der Waals surface area (Å²) in [5.74, 6) is 3.11. The van der Waals surface area contributed by atoms with Crippen molar-refractivity contribution in [2.45, 2.75) is 90.2 Å². The van der Waals surface area contributed by atoms with Crippen molar-refractivity contribution >= 4 is 17.4 Å². The Kier molecular flexibility index (Phi) is 6.23. The zero-order chi connectivity index (χ0) is 23.4. The van der Waals surface area contributed by atoms with Crippen LogP contribution in [0.4, 0.5) is 0 Å². The number of halogens is 1. The van der Waals surface area contributed by atoms with Crippen molar-refractivity contribution in [3.05, 3.63) is 17.4 Å². The minimum atomic E-state index is -0.516. The van der Waals surface area contributed by atoms with Gasteiger partial charge in [-0.05, 0) is 106 Å². The lowest BCUT2D eigenvalue weighted by atomic mass is 9.42. The van der Waals surface area contributed by atoms with Gasteiger partial charge in [0, 0.05) is 25.8 Å². The molecule has 4 fully saturated rings. The molecular weight excluding hydrogens is 436 g/mol. The summed E-state index contributed by atoms with van der Waals surface area (Å²) in [6, 6.07) is 0. The number of ether oxygens (including phenoxy) is 1. The highest BCUT2D eigenvalue weighted by Gasteiger charge is 2.62. The Morgan fingerprint density at radius 1 is 1.18 bits per heavy atom. The number of rotatable bonds is 6. The Labute approximate surface area is 203 Å². The van der Waals surface area contributed by atoms with E-state index in [1.54, 1.807) is 17.1 Å². The van der Waals surface area contributed by atoms with E-state index in [4.69, 9.17) is 16.3 Å². The number of hydrogen-bond acceptors (Lipinski definition) is 4. The molecule has 8 atom stereocenters. The van der Waals surface area contributed by atoms with Crippen molar-refractivity contribution in [1.82, 2.24) is 9.78 Å². The molecule has 6 heteroatoms. The van der Waals surface area contributed by atoms with Crippen molar-refractivity contribution in [3.63, 3.8) is 0 Å². The van der Waals surface area contributed by atoms with Gasteiger partial charge < -0.3 is 9.84 Å². The molecular formula is C27H41ClN2O3. The third-order valence-electron chi connectivity index (χ3n) is 10.7. The minimum absolute atomic E-state index is 0.102. The summed E-state index contributed by atoms with van der Waals surface area (Å²) >= 11 is 6.02. The normalized spacial score (nSPS) is 44.7. The van der Waals surface area contributed by atoms with E-state index in [9.17, 15) is 9.90 Å². The highest BCUT2D eigenvalue weighted by Crippen LogP contribution is 2.69. The lowest BCUT2D eigenvalue weighted by Gasteiger charge is -2.63. The first-order valence-corrected chi connectivity index (χ1v) is 13.5. The maximum Gasteiger partial charge on any atom is 0.157 e. The smallest absolute Gasteiger partial charge is 0.157 e. The van der Waals surface area contributed by atoms with Gasteiger partial charge in [0.05, 0.1) is 23.4 Å². The maximum atomic E-state index is 13.4. The van der Waals surface area contributed by atoms with Crippen LogP contribution in [0.15, 0.2) is 12.4 Å². The molecule has 0 amide bonds. The third kappa shape index (κ3) is 4.00. The number of hydrogen-bond donors (Lipinski definition) is 1. The predicted molar refractivity (Wildman–Crippen MR) is 129 cm³/mol. The monoisotopic (exact) mass is 476 g/mol. The number of aliphatic hydroxyl groups is 1. The van der Waals surface area contributed by atoms with Crippen LogP contribution in [0.25, 0.3) is 0 Å². The van der Waals surface area contributed by atoms with Crippen LogP contribution in [0.2, 0.25) is 5.02 Å². The summed E-state index contributed by atoms with van der Waals surface area (Å²) in [6.07, 6.45) is 14.5. The molecule has 184 valence electrons. The van der Waals surface area contributed by atoms with E-state index in [1.807, 2.05) is 14.0 Å². The Hall–Kier alpha value is -0.910. The summed E-state index contributed by atoms with van der Waals surface area (Å²) in [5, 5.41) is 15.7. The zero-order valence-electron chi connectivity index (χ0n) is 20.6. The molecule has 0 spiro atoms. The number of methoxy groups -OCH3 is 1. The molecule has 0 saturated heterocycles. The fourth-order valence-electron chi connectivity index (χ4n) is 9.25. The van der Waals surface area contributed by atoms with Gasteiger partial charge in [-0.25, -0.2) is 0 Å². The highest BCUT2D eigenvalue weighted by molar-refractivity contribution is 6.30. The van der Waals surface area contributed by atoms with Crippen molar-refractivity contribution < 1.29 is 14.6 Å². The molecule has 4 saturated carbocycles. The molecule has 1 aromatic heterocycles. The first-order chi connectivity index (χ1) is 15.7. The molecule has 5 rings (SSSR count). The van der Waals surface area contributed by atoms with E-state index in [0.717, 1.165) is 45.1 Å². The van der Waals surface area contributed by atoms with Crippen LogP contribution < -0.4 is 0 Å². The average Bonchev–Trinajstić information content (AvgIpc) is 3.34. The lowest BCUT2D eigenvalue weighted by Crippen LogP contribution is -2.57. The Balaban J connectivity index is 1.37. The molecule has 1 heterocycles. The number of fused-ring (bicyclic) bond motifs is 5. The van der Waals surface area contributed by atoms with Gasteiger partial charge in [0.2, 0.25) is 0 Å². The van der Waals surface area contributed by atoms with E-state index < -0.39 is 5.60 Å². The first-order valence-electron chi connectivity index (χ1n) is 13.1. The predicted octanol–water partition coefficient (Wildman–Crippen LogP) is 5.53. The van der Waals surface area contributed by atoms with Gasteiger partial charge in [-0.2, -0.15) is 5.10 Å². The zero-order valence-corrected chi connectivity index (χ0v) is 21.3. The second-order valence-corrected chi connectivity index (χ2v) is 12.8. The first kappa shape index (κ1) is 23.8. The number of aromatic nitrogens is 2. The topological polar surface area (TPSA) is 64.3 Å². The van der Waals surface area contributed by atoms with E-state index in [-0.39, 0.29) is 11.3 Å². The van der Waals surface area contributed by atoms with Gasteiger partial charge in [-0.15, -0.1) is 0 Å². The highest BCUT2D eigenvalue weighted by atomic mass is 35.5. The molecule has 0 bridgehead atoms. The summed E-state index contributed by atoms with van der Waals surface area (Å²) in [6.45, 7) is 5.61. The fraction of sp³-hybridized carbons (Fsp3) is 0.852. The summed E-state index contributed by atoms with van der Waals surface area (Å²) in [4.78, 5) is 13.4. The SMILES string of the molecule is COCC[C@]12CC[C@@](C)(O)C[C@H]1CC[C@H]1[C@@H]3CC[C@H](C(=O)Cn4cc(Cl)cn4)[C@@]3(C)CC[C@@H]12. The standard InChI is InChI=1S/C27H41ClN2O3/c1-25(32)10-11-27(12-13-33-3)18(14-25)4-5-20-21-6-7-23(26(21,2)9-8-22(20)27)24(31)17-30-16-19(28)15-29-30/h15-16,18,20-23,32H,4-14,17H2,1-3H3/t18-,20+,21+,22+,23-,25-,26+,27-/m1/s1. The van der Waals surface area contributed by atoms with E-state index in [1.165, 1.54) is 25.7 Å². The van der Waals surface area contributed by atoms with Gasteiger partial charge >= 0.3 is 0 Å². The van der Waals surface area contributed by atoms with Crippen LogP contribution in [0.3, 0.4) is 0 Å². The molecule has 0 unspecified atom stereocenters. The Morgan fingerprint density at radius 2 is 2.00 bits per heavy atom. The lowest BCUT2D eigenvalue weighted by molar-refractivity contribution is -0.163. The van der Waals surface area contributed by atoms with Crippen LogP contribution in [0, 0.1) is 40.4 Å². The molecule has 1 aromatic rings. The number of nitrogens with zero attached hydrogens (tertiary/aromatic N) is 2. The van der Waals surface area contributed by atoms with Crippen molar-refractivity contribution in [1.29, 1.82) is 0 Å². The molecule has 1 N–H and O–H groups in total. The third-order valence-corrected chi connectivity index (χ3v) is 10.9. The van der Waals surface area contributed by atoms with Crippen molar-refractivity contribution in [2.24, 2.45) is 40.4 Å². The molecule has 4 aliphatic rings. The van der Waals surface area contributed by atoms with Crippen LogP contribution in [-0.2, 0) is 16.1 Å². The Morgan fingerprint density at radius 3 is 2.73 bits per heavy atom. The van der Waals surface area contributed by atoms with E-state index in [2.05, 4.69) is 12.0 Å². The minimum Gasteiger partial charge on any atom is -0.390 e. The second kappa shape index (κ2) is 8.64. The molecule has 0 aliphatic heterocycles. The van der Waals surface area contributed by atoms with Gasteiger partial charge in [-0.3, -0.25) is 9.48 Å². The van der Waals surface area contributed by atoms with Crippen LogP contribution >= 0.6 is 11.6 Å². The molecule has 33 heavy (non-hydrogen) atoms. The van der Waals surface area contributed by atoms with Crippen LogP contribution in [-0.4, -0.2) is 40.0 Å². The van der Waals surface area contributed by atoms with Crippen molar-refractivity contribution in [3.8, 4) is 0 Å². The van der Waals surface area contributed by atoms with Gasteiger partial charge in [0.15, 0.2) is 5.78 Å². The average molecular weight is 477 g/mol. The summed E-state index contributed by atoms with van der Waals surface area (Å²) < 4.78 is 7.31. The van der Waals surface area contributed by atoms with Gasteiger partial charge in [0.1, 0.15) is 0 Å². The van der Waals surface area contributed by atoms with Gasteiger partial charge in [-0.1, -0.05) is 18.5 Å². The quantitative estimate of drug-likeness (QED) is 0.586. The molecule has 5 nitrogen and oxygen atoms in total. The van der Waals surface area contributed by atoms with E-state index >= 15 is 0 Å².